The molecule has 0 aliphatic carbocycles. The largest absolute Gasteiger partial charge is 0.493 e. The van der Waals surface area contributed by atoms with Crippen molar-refractivity contribution in [3.8, 4) is 11.5 Å². The van der Waals surface area contributed by atoms with Gasteiger partial charge in [-0.15, -0.1) is 11.3 Å². The van der Waals surface area contributed by atoms with E-state index >= 15 is 0 Å². The van der Waals surface area contributed by atoms with E-state index in [1.165, 1.54) is 11.3 Å². The van der Waals surface area contributed by atoms with E-state index < -0.39 is 5.41 Å². The molecule has 0 atom stereocenters. The number of methoxy groups -OCH3 is 2. The van der Waals surface area contributed by atoms with Crippen LogP contribution in [0.4, 0.5) is 5.13 Å². The minimum atomic E-state index is -0.729. The Bertz CT molecular complexity index is 703. The Labute approximate surface area is 140 Å². The highest BCUT2D eigenvalue weighted by atomic mass is 32.1. The molecule has 0 aliphatic rings. The van der Waals surface area contributed by atoms with Gasteiger partial charge < -0.3 is 14.8 Å². The number of thiazole rings is 1. The number of ether oxygens (including phenoxy) is 2. The molecule has 1 aromatic carbocycles. The number of carbonyl (C=O) groups excluding carboxylic acids is 1. The Balaban J connectivity index is 2.27. The molecule has 1 amide bonds. The summed E-state index contributed by atoms with van der Waals surface area (Å²) in [5, 5.41) is 3.53. The third-order valence-corrected chi connectivity index (χ3v) is 4.91. The highest BCUT2D eigenvalue weighted by Gasteiger charge is 2.31. The number of aromatic nitrogens is 1. The van der Waals surface area contributed by atoms with Crippen molar-refractivity contribution in [2.45, 2.75) is 33.1 Å². The fourth-order valence-electron chi connectivity index (χ4n) is 2.14. The smallest absolute Gasteiger partial charge is 0.236 e. The standard InChI is InChI=1S/C17H22N2O3S/c1-10-11(2)23-16(18-10)19-15(20)17(3,4)12-7-8-13(21-5)14(9-12)22-6/h7-9H,1-6H3,(H,18,19,20). The first kappa shape index (κ1) is 17.3. The molecule has 0 radical (unpaired) electrons. The van der Waals surface area contributed by atoms with Crippen molar-refractivity contribution in [2.75, 3.05) is 19.5 Å². The fraction of sp³-hybridized carbons (Fsp3) is 0.412. The van der Waals surface area contributed by atoms with Crippen LogP contribution in [0, 0.1) is 13.8 Å². The van der Waals surface area contributed by atoms with Crippen LogP contribution in [0.15, 0.2) is 18.2 Å². The SMILES string of the molecule is COc1ccc(C(C)(C)C(=O)Nc2nc(C)c(C)s2)cc1OC. The van der Waals surface area contributed by atoms with E-state index in [0.29, 0.717) is 16.6 Å². The molecule has 6 heteroatoms. The molecule has 0 saturated heterocycles. The average Bonchev–Trinajstić information content (AvgIpc) is 2.84. The molecule has 1 N–H and O–H groups in total. The lowest BCUT2D eigenvalue weighted by Gasteiger charge is -2.24. The minimum Gasteiger partial charge on any atom is -0.493 e. The molecule has 5 nitrogen and oxygen atoms in total. The third-order valence-electron chi connectivity index (χ3n) is 3.92. The summed E-state index contributed by atoms with van der Waals surface area (Å²) in [4.78, 5) is 18.2. The molecular formula is C17H22N2O3S. The number of nitrogens with zero attached hydrogens (tertiary/aromatic N) is 1. The summed E-state index contributed by atoms with van der Waals surface area (Å²) < 4.78 is 10.6. The van der Waals surface area contributed by atoms with Gasteiger partial charge in [-0.3, -0.25) is 4.79 Å². The number of nitrogens with one attached hydrogen (secondary N) is 1. The summed E-state index contributed by atoms with van der Waals surface area (Å²) in [5.41, 5.74) is 1.06. The van der Waals surface area contributed by atoms with Crippen LogP contribution < -0.4 is 14.8 Å². The quantitative estimate of drug-likeness (QED) is 0.906. The Hall–Kier alpha value is -2.08. The number of hydrogen-bond acceptors (Lipinski definition) is 5. The van der Waals surface area contributed by atoms with Crippen LogP contribution in [-0.2, 0) is 10.2 Å². The first-order valence-electron chi connectivity index (χ1n) is 7.27. The number of rotatable bonds is 5. The van der Waals surface area contributed by atoms with Gasteiger partial charge in [-0.1, -0.05) is 6.07 Å². The zero-order chi connectivity index (χ0) is 17.2. The summed E-state index contributed by atoms with van der Waals surface area (Å²) in [7, 11) is 3.17. The van der Waals surface area contributed by atoms with E-state index in [2.05, 4.69) is 10.3 Å². The van der Waals surface area contributed by atoms with Crippen molar-refractivity contribution >= 4 is 22.4 Å². The molecular weight excluding hydrogens is 312 g/mol. The number of aryl methyl sites for hydroxylation is 2. The predicted octanol–water partition coefficient (Wildman–Crippen LogP) is 3.69. The lowest BCUT2D eigenvalue weighted by molar-refractivity contribution is -0.120. The average molecular weight is 334 g/mol. The first-order valence-corrected chi connectivity index (χ1v) is 8.09. The second kappa shape index (κ2) is 6.58. The van der Waals surface area contributed by atoms with Gasteiger partial charge in [-0.25, -0.2) is 4.98 Å². The van der Waals surface area contributed by atoms with Gasteiger partial charge in [-0.2, -0.15) is 0 Å². The molecule has 2 rings (SSSR count). The molecule has 2 aromatic rings. The van der Waals surface area contributed by atoms with Crippen molar-refractivity contribution < 1.29 is 14.3 Å². The maximum atomic E-state index is 12.7. The van der Waals surface area contributed by atoms with Gasteiger partial charge in [0.05, 0.1) is 25.3 Å². The van der Waals surface area contributed by atoms with Crippen molar-refractivity contribution in [1.82, 2.24) is 4.98 Å². The van der Waals surface area contributed by atoms with Crippen LogP contribution in [0.5, 0.6) is 11.5 Å². The number of benzene rings is 1. The van der Waals surface area contributed by atoms with Gasteiger partial charge in [0.15, 0.2) is 16.6 Å². The normalized spacial score (nSPS) is 11.2. The van der Waals surface area contributed by atoms with Crippen molar-refractivity contribution in [3.63, 3.8) is 0 Å². The van der Waals surface area contributed by atoms with Gasteiger partial charge in [0.25, 0.3) is 0 Å². The zero-order valence-electron chi connectivity index (χ0n) is 14.3. The Kier molecular flexibility index (Phi) is 4.94. The zero-order valence-corrected chi connectivity index (χ0v) is 15.1. The molecule has 124 valence electrons. The van der Waals surface area contributed by atoms with E-state index in [1.54, 1.807) is 20.3 Å². The summed E-state index contributed by atoms with van der Waals surface area (Å²) in [6.45, 7) is 7.66. The maximum absolute atomic E-state index is 12.7. The van der Waals surface area contributed by atoms with E-state index in [-0.39, 0.29) is 5.91 Å². The van der Waals surface area contributed by atoms with E-state index in [9.17, 15) is 4.79 Å². The second-order valence-electron chi connectivity index (χ2n) is 5.81. The van der Waals surface area contributed by atoms with Gasteiger partial charge in [0.2, 0.25) is 5.91 Å². The predicted molar refractivity (Wildman–Crippen MR) is 92.8 cm³/mol. The topological polar surface area (TPSA) is 60.5 Å². The lowest BCUT2D eigenvalue weighted by atomic mass is 9.83. The molecule has 1 heterocycles. The van der Waals surface area contributed by atoms with Crippen LogP contribution in [0.2, 0.25) is 0 Å². The molecule has 0 bridgehead atoms. The second-order valence-corrected chi connectivity index (χ2v) is 7.01. The minimum absolute atomic E-state index is 0.113. The summed E-state index contributed by atoms with van der Waals surface area (Å²) in [5.74, 6) is 1.13. The van der Waals surface area contributed by atoms with E-state index in [1.807, 2.05) is 39.8 Å². The summed E-state index contributed by atoms with van der Waals surface area (Å²) in [6.07, 6.45) is 0. The molecule has 0 fully saturated rings. The molecule has 0 unspecified atom stereocenters. The van der Waals surface area contributed by atoms with Gasteiger partial charge in [0.1, 0.15) is 0 Å². The Morgan fingerprint density at radius 3 is 2.35 bits per heavy atom. The first-order chi connectivity index (χ1) is 10.8. The van der Waals surface area contributed by atoms with E-state index in [4.69, 9.17) is 9.47 Å². The highest BCUT2D eigenvalue weighted by Crippen LogP contribution is 2.34. The Morgan fingerprint density at radius 2 is 1.83 bits per heavy atom. The third kappa shape index (κ3) is 3.47. The van der Waals surface area contributed by atoms with Crippen molar-refractivity contribution in [1.29, 1.82) is 0 Å². The summed E-state index contributed by atoms with van der Waals surface area (Å²) >= 11 is 1.48. The van der Waals surface area contributed by atoms with Crippen molar-refractivity contribution in [3.05, 3.63) is 34.3 Å². The van der Waals surface area contributed by atoms with Crippen LogP contribution in [0.3, 0.4) is 0 Å². The van der Waals surface area contributed by atoms with Gasteiger partial charge in [-0.05, 0) is 45.4 Å². The highest BCUT2D eigenvalue weighted by molar-refractivity contribution is 7.15. The van der Waals surface area contributed by atoms with Crippen LogP contribution in [0.1, 0.15) is 30.0 Å². The lowest BCUT2D eigenvalue weighted by Crippen LogP contribution is -2.34. The molecule has 0 spiro atoms. The number of carbonyl (C=O) groups is 1. The number of anilines is 1. The summed E-state index contributed by atoms with van der Waals surface area (Å²) in [6, 6.07) is 5.51. The molecule has 1 aromatic heterocycles. The Morgan fingerprint density at radius 1 is 1.17 bits per heavy atom. The number of amides is 1. The van der Waals surface area contributed by atoms with Gasteiger partial charge >= 0.3 is 0 Å². The van der Waals surface area contributed by atoms with Crippen LogP contribution in [-0.4, -0.2) is 25.1 Å². The molecule has 0 aliphatic heterocycles. The molecule has 23 heavy (non-hydrogen) atoms. The van der Waals surface area contributed by atoms with Gasteiger partial charge in [0, 0.05) is 4.88 Å². The monoisotopic (exact) mass is 334 g/mol. The van der Waals surface area contributed by atoms with Crippen molar-refractivity contribution in [2.24, 2.45) is 0 Å². The van der Waals surface area contributed by atoms with Crippen LogP contribution >= 0.6 is 11.3 Å². The molecule has 0 saturated carbocycles. The maximum Gasteiger partial charge on any atom is 0.236 e. The number of hydrogen-bond donors (Lipinski definition) is 1. The fourth-order valence-corrected chi connectivity index (χ4v) is 2.95. The van der Waals surface area contributed by atoms with E-state index in [0.717, 1.165) is 16.1 Å². The van der Waals surface area contributed by atoms with Crippen LogP contribution in [0.25, 0.3) is 0 Å².